The molecule has 0 heterocycles. The van der Waals surface area contributed by atoms with Crippen LogP contribution in [0, 0.1) is 16.7 Å². The zero-order chi connectivity index (χ0) is 13.6. The molecule has 1 saturated carbocycles. The van der Waals surface area contributed by atoms with Crippen molar-refractivity contribution in [3.05, 3.63) is 11.6 Å². The van der Waals surface area contributed by atoms with Crippen LogP contribution in [0.5, 0.6) is 0 Å². The second kappa shape index (κ2) is 4.26. The van der Waals surface area contributed by atoms with Crippen molar-refractivity contribution in [1.29, 1.82) is 0 Å². The van der Waals surface area contributed by atoms with Gasteiger partial charge in [0, 0.05) is 5.88 Å². The fraction of sp³-hybridized carbons (Fsp3) is 0.692. The van der Waals surface area contributed by atoms with Crippen molar-refractivity contribution in [2.45, 2.75) is 32.6 Å². The van der Waals surface area contributed by atoms with E-state index < -0.39 is 22.8 Å². The molecule has 2 atom stereocenters. The van der Waals surface area contributed by atoms with Gasteiger partial charge in [0.05, 0.1) is 10.8 Å². The van der Waals surface area contributed by atoms with E-state index in [9.17, 15) is 19.8 Å². The number of carboxylic acid groups (broad SMARTS) is 2. The van der Waals surface area contributed by atoms with Crippen LogP contribution in [-0.2, 0) is 9.59 Å². The van der Waals surface area contributed by atoms with E-state index in [0.29, 0.717) is 6.42 Å². The minimum absolute atomic E-state index is 0.0978. The van der Waals surface area contributed by atoms with E-state index in [1.54, 1.807) is 13.0 Å². The number of carbonyl (C=O) groups is 2. The predicted octanol–water partition coefficient (Wildman–Crippen LogP) is 2.52. The molecule has 0 aliphatic heterocycles. The van der Waals surface area contributed by atoms with E-state index in [4.69, 9.17) is 11.6 Å². The van der Waals surface area contributed by atoms with Crippen molar-refractivity contribution in [3.63, 3.8) is 0 Å². The van der Waals surface area contributed by atoms with E-state index >= 15 is 0 Å². The Morgan fingerprint density at radius 3 is 2.39 bits per heavy atom. The molecule has 0 aromatic rings. The Morgan fingerprint density at radius 1 is 1.39 bits per heavy atom. The van der Waals surface area contributed by atoms with Crippen molar-refractivity contribution in [2.24, 2.45) is 16.7 Å². The summed E-state index contributed by atoms with van der Waals surface area (Å²) in [6, 6.07) is 0. The number of aliphatic carboxylic acids is 2. The lowest BCUT2D eigenvalue weighted by Gasteiger charge is -2.40. The summed E-state index contributed by atoms with van der Waals surface area (Å²) in [5, 5.41) is 18.9. The first-order valence-electron chi connectivity index (χ1n) is 6.07. The minimum Gasteiger partial charge on any atom is -0.481 e. The molecule has 2 rings (SSSR count). The summed E-state index contributed by atoms with van der Waals surface area (Å²) < 4.78 is 0. The summed E-state index contributed by atoms with van der Waals surface area (Å²) in [6.45, 7) is 1.58. The minimum atomic E-state index is -1.12. The highest BCUT2D eigenvalue weighted by Gasteiger charge is 2.57. The zero-order valence-electron chi connectivity index (χ0n) is 10.3. The van der Waals surface area contributed by atoms with Gasteiger partial charge in [0.15, 0.2) is 0 Å². The van der Waals surface area contributed by atoms with Crippen LogP contribution in [0.15, 0.2) is 11.6 Å². The fourth-order valence-corrected chi connectivity index (χ4v) is 3.32. The van der Waals surface area contributed by atoms with Gasteiger partial charge in [0.1, 0.15) is 0 Å². The average Bonchev–Trinajstić information content (AvgIpc) is 3.11. The predicted molar refractivity (Wildman–Crippen MR) is 66.6 cm³/mol. The first kappa shape index (κ1) is 13.4. The topological polar surface area (TPSA) is 74.6 Å². The van der Waals surface area contributed by atoms with Crippen LogP contribution in [0.3, 0.4) is 0 Å². The van der Waals surface area contributed by atoms with Gasteiger partial charge in [-0.05, 0) is 38.5 Å². The lowest BCUT2D eigenvalue weighted by atomic mass is 9.62. The summed E-state index contributed by atoms with van der Waals surface area (Å²) in [5.41, 5.74) is -1.32. The lowest BCUT2D eigenvalue weighted by molar-refractivity contribution is -0.157. The van der Waals surface area contributed by atoms with Crippen molar-refractivity contribution < 1.29 is 19.8 Å². The lowest BCUT2D eigenvalue weighted by Crippen LogP contribution is -2.44. The summed E-state index contributed by atoms with van der Waals surface area (Å²) in [4.78, 5) is 23.1. The molecule has 0 radical (unpaired) electrons. The van der Waals surface area contributed by atoms with Gasteiger partial charge < -0.3 is 10.2 Å². The SMILES string of the molecule is CC1(C(=O)O)C=C(CCl)CC(C(=O)O)(C2CC2)C1. The number of hydrogen-bond acceptors (Lipinski definition) is 2. The second-order valence-electron chi connectivity index (χ2n) is 5.75. The summed E-state index contributed by atoms with van der Waals surface area (Å²) in [6.07, 6.45) is 3.94. The maximum Gasteiger partial charge on any atom is 0.313 e. The largest absolute Gasteiger partial charge is 0.481 e. The Kier molecular flexibility index (Phi) is 3.18. The standard InChI is InChI=1S/C13H17ClO4/c1-12(10(15)16)4-8(6-14)5-13(7-12,11(17)18)9-2-3-9/h4,9H,2-3,5-7H2,1H3,(H,15,16)(H,17,18). The maximum atomic E-state index is 11.7. The van der Waals surface area contributed by atoms with Crippen LogP contribution < -0.4 is 0 Å². The normalized spacial score (nSPS) is 36.0. The number of halogens is 1. The molecule has 5 heteroatoms. The molecule has 0 spiro atoms. The van der Waals surface area contributed by atoms with Crippen molar-refractivity contribution in [3.8, 4) is 0 Å². The van der Waals surface area contributed by atoms with Gasteiger partial charge in [-0.2, -0.15) is 0 Å². The molecular weight excluding hydrogens is 256 g/mol. The number of allylic oxidation sites excluding steroid dienone is 1. The van der Waals surface area contributed by atoms with Gasteiger partial charge in [0.2, 0.25) is 0 Å². The number of carboxylic acids is 2. The van der Waals surface area contributed by atoms with Gasteiger partial charge in [-0.3, -0.25) is 9.59 Å². The number of alkyl halides is 1. The van der Waals surface area contributed by atoms with Gasteiger partial charge >= 0.3 is 11.9 Å². The maximum absolute atomic E-state index is 11.7. The van der Waals surface area contributed by atoms with E-state index in [1.807, 2.05) is 0 Å². The Balaban J connectivity index is 2.44. The Morgan fingerprint density at radius 2 is 2.00 bits per heavy atom. The van der Waals surface area contributed by atoms with E-state index in [0.717, 1.165) is 18.4 Å². The first-order chi connectivity index (χ1) is 8.34. The van der Waals surface area contributed by atoms with Crippen LogP contribution in [0.25, 0.3) is 0 Å². The third-order valence-electron chi connectivity index (χ3n) is 4.19. The average molecular weight is 273 g/mol. The molecule has 2 N–H and O–H groups in total. The summed E-state index contributed by atoms with van der Waals surface area (Å²) in [7, 11) is 0. The van der Waals surface area contributed by atoms with Crippen molar-refractivity contribution in [2.75, 3.05) is 5.88 Å². The zero-order valence-corrected chi connectivity index (χ0v) is 11.0. The molecule has 1 fully saturated rings. The monoisotopic (exact) mass is 272 g/mol. The van der Waals surface area contributed by atoms with Gasteiger partial charge in [0.25, 0.3) is 0 Å². The highest BCUT2D eigenvalue weighted by atomic mass is 35.5. The van der Waals surface area contributed by atoms with Crippen molar-refractivity contribution >= 4 is 23.5 Å². The van der Waals surface area contributed by atoms with Crippen LogP contribution >= 0.6 is 11.6 Å². The van der Waals surface area contributed by atoms with Crippen LogP contribution in [0.2, 0.25) is 0 Å². The molecular formula is C13H17ClO4. The molecule has 0 aromatic carbocycles. The molecule has 0 bridgehead atoms. The Labute approximate surface area is 111 Å². The van der Waals surface area contributed by atoms with E-state index in [1.165, 1.54) is 0 Å². The molecule has 2 unspecified atom stereocenters. The summed E-state index contributed by atoms with van der Waals surface area (Å²) >= 11 is 5.82. The van der Waals surface area contributed by atoms with Gasteiger partial charge in [-0.25, -0.2) is 0 Å². The highest BCUT2D eigenvalue weighted by Crippen LogP contribution is 2.57. The van der Waals surface area contributed by atoms with Crippen LogP contribution in [0.4, 0.5) is 0 Å². The van der Waals surface area contributed by atoms with E-state index in [2.05, 4.69) is 0 Å². The van der Waals surface area contributed by atoms with Crippen molar-refractivity contribution in [1.82, 2.24) is 0 Å². The molecule has 0 amide bonds. The van der Waals surface area contributed by atoms with E-state index in [-0.39, 0.29) is 18.2 Å². The first-order valence-corrected chi connectivity index (χ1v) is 6.61. The van der Waals surface area contributed by atoms with Crippen LogP contribution in [-0.4, -0.2) is 28.0 Å². The number of rotatable bonds is 4. The fourth-order valence-electron chi connectivity index (χ4n) is 3.15. The smallest absolute Gasteiger partial charge is 0.313 e. The molecule has 2 aliphatic carbocycles. The Bertz CT molecular complexity index is 427. The van der Waals surface area contributed by atoms with Crippen LogP contribution in [0.1, 0.15) is 32.6 Å². The Hall–Kier alpha value is -1.03. The molecule has 0 saturated heterocycles. The quantitative estimate of drug-likeness (QED) is 0.609. The van der Waals surface area contributed by atoms with Gasteiger partial charge in [-0.15, -0.1) is 11.6 Å². The molecule has 0 aromatic heterocycles. The number of hydrogen-bond donors (Lipinski definition) is 2. The summed E-state index contributed by atoms with van der Waals surface area (Å²) in [5.74, 6) is -1.56. The third kappa shape index (κ3) is 2.03. The van der Waals surface area contributed by atoms with Gasteiger partial charge in [-0.1, -0.05) is 11.6 Å². The highest BCUT2D eigenvalue weighted by molar-refractivity contribution is 6.19. The third-order valence-corrected chi connectivity index (χ3v) is 4.54. The molecule has 100 valence electrons. The second-order valence-corrected chi connectivity index (χ2v) is 6.02. The molecule has 4 nitrogen and oxygen atoms in total. The molecule has 18 heavy (non-hydrogen) atoms. The molecule has 2 aliphatic rings.